The number of pyridine rings is 1. The number of rotatable bonds is 5. The molecule has 0 fully saturated rings. The number of aromatic nitrogens is 1. The lowest BCUT2D eigenvalue weighted by atomic mass is 10.1. The zero-order valence-electron chi connectivity index (χ0n) is 13.9. The molecule has 3 aromatic rings. The second-order valence-corrected chi connectivity index (χ2v) is 7.27. The number of aromatic amines is 1. The van der Waals surface area contributed by atoms with Gasteiger partial charge in [-0.1, -0.05) is 23.2 Å². The highest BCUT2D eigenvalue weighted by Crippen LogP contribution is 2.20. The molecule has 0 radical (unpaired) electrons. The minimum Gasteiger partial charge on any atom is -0.357 e. The maximum Gasteiger partial charge on any atom is 0.234 e. The van der Waals surface area contributed by atoms with Crippen LogP contribution in [0.1, 0.15) is 11.3 Å². The third-order valence-corrected chi connectivity index (χ3v) is 5.01. The molecule has 1 heterocycles. The molecule has 4 nitrogen and oxygen atoms in total. The van der Waals surface area contributed by atoms with Crippen LogP contribution in [0.3, 0.4) is 0 Å². The summed E-state index contributed by atoms with van der Waals surface area (Å²) in [4.78, 5) is 27.4. The van der Waals surface area contributed by atoms with Gasteiger partial charge in [0.05, 0.1) is 10.8 Å². The molecule has 1 amide bonds. The van der Waals surface area contributed by atoms with Crippen LogP contribution in [0.4, 0.5) is 10.1 Å². The summed E-state index contributed by atoms with van der Waals surface area (Å²) in [5, 5.41) is 3.28. The van der Waals surface area contributed by atoms with Crippen LogP contribution in [0.15, 0.2) is 47.3 Å². The molecule has 3 rings (SSSR count). The van der Waals surface area contributed by atoms with Gasteiger partial charge in [0.1, 0.15) is 5.82 Å². The summed E-state index contributed by atoms with van der Waals surface area (Å²) in [6.45, 7) is 1.94. The summed E-state index contributed by atoms with van der Waals surface area (Å²) in [6, 6.07) is 11.3. The van der Waals surface area contributed by atoms with Crippen LogP contribution in [-0.2, 0) is 10.5 Å². The monoisotopic (exact) mass is 390 g/mol. The summed E-state index contributed by atoms with van der Waals surface area (Å²) >= 11 is 7.06. The highest BCUT2D eigenvalue weighted by molar-refractivity contribution is 7.99. The maximum absolute atomic E-state index is 13.1. The first-order valence-corrected chi connectivity index (χ1v) is 9.41. The van der Waals surface area contributed by atoms with Crippen molar-refractivity contribution in [2.24, 2.45) is 0 Å². The fraction of sp³-hybridized carbons (Fsp3) is 0.158. The Kier molecular flexibility index (Phi) is 5.64. The number of nitrogens with one attached hydrogen (secondary N) is 2. The molecule has 0 aliphatic heterocycles. The molecule has 0 aliphatic rings. The Labute approximate surface area is 158 Å². The second-order valence-electron chi connectivity index (χ2n) is 5.88. The van der Waals surface area contributed by atoms with Gasteiger partial charge in [0.2, 0.25) is 5.91 Å². The van der Waals surface area contributed by atoms with Gasteiger partial charge in [0.15, 0.2) is 5.43 Å². The van der Waals surface area contributed by atoms with E-state index in [-0.39, 0.29) is 22.1 Å². The standard InChI is InChI=1S/C19H16ClFN2O2S/c1-11-2-5-17-14(6-11)18(24)8-13(22-17)9-26-10-19(25)23-12-3-4-16(21)15(20)7-12/h2-8H,9-10H2,1H3,(H,22,24)(H,23,25). The zero-order chi connectivity index (χ0) is 18.7. The van der Waals surface area contributed by atoms with E-state index in [0.29, 0.717) is 16.8 Å². The molecule has 0 atom stereocenters. The van der Waals surface area contributed by atoms with Crippen molar-refractivity contribution >= 4 is 45.9 Å². The lowest BCUT2D eigenvalue weighted by Crippen LogP contribution is -2.14. The highest BCUT2D eigenvalue weighted by atomic mass is 35.5. The van der Waals surface area contributed by atoms with E-state index in [1.165, 1.54) is 30.0 Å². The Morgan fingerprint density at radius 1 is 1.23 bits per heavy atom. The molecule has 0 saturated carbocycles. The molecule has 1 aromatic heterocycles. The molecule has 0 spiro atoms. The first-order valence-electron chi connectivity index (χ1n) is 7.87. The van der Waals surface area contributed by atoms with Crippen LogP contribution in [0.25, 0.3) is 10.9 Å². The smallest absolute Gasteiger partial charge is 0.234 e. The Bertz CT molecular complexity index is 1040. The average Bonchev–Trinajstić information content (AvgIpc) is 2.59. The number of thioether (sulfide) groups is 1. The number of benzene rings is 2. The van der Waals surface area contributed by atoms with Crippen molar-refractivity contribution in [3.05, 3.63) is 74.8 Å². The van der Waals surface area contributed by atoms with E-state index in [0.717, 1.165) is 16.8 Å². The number of amides is 1. The molecular weight excluding hydrogens is 375 g/mol. The summed E-state index contributed by atoms with van der Waals surface area (Å²) < 4.78 is 13.1. The number of fused-ring (bicyclic) bond motifs is 1. The van der Waals surface area contributed by atoms with E-state index in [1.54, 1.807) is 6.07 Å². The van der Waals surface area contributed by atoms with Crippen molar-refractivity contribution in [3.8, 4) is 0 Å². The van der Waals surface area contributed by atoms with Crippen molar-refractivity contribution in [2.75, 3.05) is 11.1 Å². The molecule has 7 heteroatoms. The van der Waals surface area contributed by atoms with Crippen LogP contribution in [-0.4, -0.2) is 16.6 Å². The number of halogens is 2. The van der Waals surface area contributed by atoms with Gasteiger partial charge >= 0.3 is 0 Å². The molecule has 26 heavy (non-hydrogen) atoms. The second kappa shape index (κ2) is 7.93. The topological polar surface area (TPSA) is 62.0 Å². The summed E-state index contributed by atoms with van der Waals surface area (Å²) in [6.07, 6.45) is 0. The van der Waals surface area contributed by atoms with Crippen molar-refractivity contribution < 1.29 is 9.18 Å². The summed E-state index contributed by atoms with van der Waals surface area (Å²) in [7, 11) is 0. The molecule has 0 unspecified atom stereocenters. The Balaban J connectivity index is 1.60. The number of carbonyl (C=O) groups is 1. The zero-order valence-corrected chi connectivity index (χ0v) is 15.5. The van der Waals surface area contributed by atoms with E-state index in [9.17, 15) is 14.0 Å². The molecule has 0 aliphatic carbocycles. The molecule has 134 valence electrons. The third-order valence-electron chi connectivity index (χ3n) is 3.74. The van der Waals surface area contributed by atoms with Gasteiger partial charge in [-0.2, -0.15) is 0 Å². The normalized spacial score (nSPS) is 10.9. The molecule has 2 aromatic carbocycles. The van der Waals surface area contributed by atoms with Crippen LogP contribution in [0.2, 0.25) is 5.02 Å². The van der Waals surface area contributed by atoms with E-state index in [4.69, 9.17) is 11.6 Å². The quantitative estimate of drug-likeness (QED) is 0.674. The van der Waals surface area contributed by atoms with E-state index in [1.807, 2.05) is 25.1 Å². The lowest BCUT2D eigenvalue weighted by molar-refractivity contribution is -0.113. The predicted octanol–water partition coefficient (Wildman–Crippen LogP) is 4.50. The maximum atomic E-state index is 13.1. The van der Waals surface area contributed by atoms with Gasteiger partial charge in [0.25, 0.3) is 0 Å². The number of aryl methyl sites for hydroxylation is 1. The Hall–Kier alpha value is -2.31. The minimum atomic E-state index is -0.533. The first-order chi connectivity index (χ1) is 12.4. The predicted molar refractivity (Wildman–Crippen MR) is 106 cm³/mol. The van der Waals surface area contributed by atoms with Crippen molar-refractivity contribution in [3.63, 3.8) is 0 Å². The fourth-order valence-electron chi connectivity index (χ4n) is 2.52. The van der Waals surface area contributed by atoms with Gasteiger partial charge < -0.3 is 10.3 Å². The SMILES string of the molecule is Cc1ccc2[nH]c(CSCC(=O)Nc3ccc(F)c(Cl)c3)cc(=O)c2c1. The lowest BCUT2D eigenvalue weighted by Gasteiger charge is -2.07. The fourth-order valence-corrected chi connectivity index (χ4v) is 3.43. The van der Waals surface area contributed by atoms with Crippen LogP contribution >= 0.6 is 23.4 Å². The summed E-state index contributed by atoms with van der Waals surface area (Å²) in [5.41, 5.74) is 2.97. The number of hydrogen-bond acceptors (Lipinski definition) is 3. The number of H-pyrrole nitrogens is 1. The molecule has 0 saturated heterocycles. The van der Waals surface area contributed by atoms with Crippen LogP contribution in [0, 0.1) is 12.7 Å². The number of carbonyl (C=O) groups excluding carboxylic acids is 1. The van der Waals surface area contributed by atoms with Gasteiger partial charge in [-0.15, -0.1) is 11.8 Å². The van der Waals surface area contributed by atoms with Gasteiger partial charge in [-0.05, 0) is 37.3 Å². The summed E-state index contributed by atoms with van der Waals surface area (Å²) in [5.74, 6) is -0.0643. The van der Waals surface area contributed by atoms with E-state index >= 15 is 0 Å². The Morgan fingerprint density at radius 3 is 2.81 bits per heavy atom. The molecule has 0 bridgehead atoms. The van der Waals surface area contributed by atoms with Gasteiger partial charge in [0, 0.05) is 34.1 Å². The largest absolute Gasteiger partial charge is 0.357 e. The highest BCUT2D eigenvalue weighted by Gasteiger charge is 2.07. The van der Waals surface area contributed by atoms with Gasteiger partial charge in [-0.3, -0.25) is 9.59 Å². The van der Waals surface area contributed by atoms with Gasteiger partial charge in [-0.25, -0.2) is 4.39 Å². The average molecular weight is 391 g/mol. The number of anilines is 1. The number of hydrogen-bond donors (Lipinski definition) is 2. The molecular formula is C19H16ClFN2O2S. The van der Waals surface area contributed by atoms with E-state index in [2.05, 4.69) is 10.3 Å². The van der Waals surface area contributed by atoms with Crippen molar-refractivity contribution in [1.82, 2.24) is 4.98 Å². The van der Waals surface area contributed by atoms with Crippen LogP contribution < -0.4 is 10.7 Å². The van der Waals surface area contributed by atoms with Crippen molar-refractivity contribution in [2.45, 2.75) is 12.7 Å². The first kappa shape index (κ1) is 18.5. The van der Waals surface area contributed by atoms with Crippen molar-refractivity contribution in [1.29, 1.82) is 0 Å². The third kappa shape index (κ3) is 4.45. The van der Waals surface area contributed by atoms with E-state index < -0.39 is 5.82 Å². The molecule has 2 N–H and O–H groups in total. The van der Waals surface area contributed by atoms with Crippen LogP contribution in [0.5, 0.6) is 0 Å². The Morgan fingerprint density at radius 2 is 2.04 bits per heavy atom. The minimum absolute atomic E-state index is 0.0385.